The average Bonchev–Trinajstić information content (AvgIpc) is 3.62. The zero-order valence-corrected chi connectivity index (χ0v) is 21.1. The number of ketones is 1. The highest BCUT2D eigenvalue weighted by molar-refractivity contribution is 7.08. The lowest BCUT2D eigenvalue weighted by atomic mass is 9.91. The van der Waals surface area contributed by atoms with Crippen molar-refractivity contribution < 1.29 is 29.5 Å². The SMILES string of the molecule is O=C(CCC1CCCC1)CC[NH+]1CCC(=C(c2ccsc2)c2ccsc2)CC1.O=C([O-])C(=O)O. The maximum atomic E-state index is 12.3. The van der Waals surface area contributed by atoms with Crippen LogP contribution < -0.4 is 10.0 Å². The number of Topliss-reactive ketones (excluding diaryl/α,β-unsaturated/α-hetero) is 1. The Morgan fingerprint density at radius 1 is 0.971 bits per heavy atom. The average molecular weight is 504 g/mol. The summed E-state index contributed by atoms with van der Waals surface area (Å²) in [5.41, 5.74) is 5.83. The van der Waals surface area contributed by atoms with Crippen LogP contribution >= 0.6 is 22.7 Å². The Morgan fingerprint density at radius 3 is 2.00 bits per heavy atom. The molecule has 4 rings (SSSR count). The first-order chi connectivity index (χ1) is 16.4. The summed E-state index contributed by atoms with van der Waals surface area (Å²) in [6.07, 6.45) is 10.5. The van der Waals surface area contributed by atoms with Crippen LogP contribution in [0.1, 0.15) is 68.9 Å². The van der Waals surface area contributed by atoms with E-state index in [9.17, 15) is 4.79 Å². The Balaban J connectivity index is 0.000000481. The molecule has 1 saturated heterocycles. The highest BCUT2D eigenvalue weighted by Gasteiger charge is 2.23. The Morgan fingerprint density at radius 2 is 1.53 bits per heavy atom. The normalized spacial score (nSPS) is 18.2. The van der Waals surface area contributed by atoms with Crippen molar-refractivity contribution >= 4 is 46.0 Å². The minimum absolute atomic E-state index is 0.498. The number of hydrogen-bond donors (Lipinski definition) is 2. The highest BCUT2D eigenvalue weighted by atomic mass is 32.1. The van der Waals surface area contributed by atoms with Crippen LogP contribution in [0.25, 0.3) is 5.57 Å². The zero-order valence-electron chi connectivity index (χ0n) is 19.4. The number of rotatable bonds is 8. The summed E-state index contributed by atoms with van der Waals surface area (Å²) in [5.74, 6) is -2.67. The zero-order chi connectivity index (χ0) is 24.3. The standard InChI is InChI=1S/C24H31NOS2.C2H2O4/c26-23(6-5-19-3-1-2-4-19)9-14-25-12-7-20(8-13-25)24(21-10-15-27-17-21)22-11-16-28-18-22;3-1(4)2(5)6/h10-11,15-19H,1-9,12-14H2;(H,3,4)(H,5,6). The van der Waals surface area contributed by atoms with Crippen molar-refractivity contribution in [3.8, 4) is 0 Å². The molecule has 0 spiro atoms. The van der Waals surface area contributed by atoms with Crippen LogP contribution in [0, 0.1) is 5.92 Å². The molecule has 6 nitrogen and oxygen atoms in total. The first-order valence-electron chi connectivity index (χ1n) is 12.0. The van der Waals surface area contributed by atoms with E-state index in [2.05, 4.69) is 33.7 Å². The molecule has 0 amide bonds. The Bertz CT molecular complexity index is 901. The summed E-state index contributed by atoms with van der Waals surface area (Å²) in [6, 6.07) is 4.51. The largest absolute Gasteiger partial charge is 0.539 e. The van der Waals surface area contributed by atoms with Gasteiger partial charge in [0.1, 0.15) is 5.78 Å². The first-order valence-corrected chi connectivity index (χ1v) is 13.9. The van der Waals surface area contributed by atoms with Crippen molar-refractivity contribution in [2.75, 3.05) is 19.6 Å². The van der Waals surface area contributed by atoms with E-state index >= 15 is 0 Å². The van der Waals surface area contributed by atoms with Crippen LogP contribution in [0.15, 0.2) is 39.2 Å². The predicted molar refractivity (Wildman–Crippen MR) is 133 cm³/mol. The number of nitrogens with one attached hydrogen (secondary N) is 1. The van der Waals surface area contributed by atoms with Crippen molar-refractivity contribution in [1.29, 1.82) is 0 Å². The number of carbonyl (C=O) groups is 3. The van der Waals surface area contributed by atoms with E-state index in [4.69, 9.17) is 19.8 Å². The van der Waals surface area contributed by atoms with E-state index in [1.165, 1.54) is 55.5 Å². The number of carboxylic acids is 2. The number of aliphatic carboxylic acids is 2. The van der Waals surface area contributed by atoms with Gasteiger partial charge in [-0.1, -0.05) is 31.3 Å². The van der Waals surface area contributed by atoms with Gasteiger partial charge in [-0.05, 0) is 62.7 Å². The molecule has 0 unspecified atom stereocenters. The van der Waals surface area contributed by atoms with Gasteiger partial charge in [0, 0.05) is 19.3 Å². The lowest BCUT2D eigenvalue weighted by Crippen LogP contribution is -3.13. The summed E-state index contributed by atoms with van der Waals surface area (Å²) >= 11 is 3.56. The maximum Gasteiger partial charge on any atom is 0.351 e. The lowest BCUT2D eigenvalue weighted by molar-refractivity contribution is -0.902. The summed E-state index contributed by atoms with van der Waals surface area (Å²) in [5, 5.41) is 25.2. The van der Waals surface area contributed by atoms with Crippen LogP contribution in [0.2, 0.25) is 0 Å². The number of thiophene rings is 2. The van der Waals surface area contributed by atoms with Gasteiger partial charge in [-0.3, -0.25) is 4.79 Å². The quantitative estimate of drug-likeness (QED) is 0.540. The fourth-order valence-electron chi connectivity index (χ4n) is 4.90. The molecule has 2 N–H and O–H groups in total. The van der Waals surface area contributed by atoms with Crippen LogP contribution in [-0.2, 0) is 14.4 Å². The van der Waals surface area contributed by atoms with Gasteiger partial charge >= 0.3 is 5.97 Å². The molecule has 0 radical (unpaired) electrons. The third-order valence-corrected chi connectivity index (χ3v) is 8.14. The molecular formula is C26H33NO5S2. The smallest absolute Gasteiger partial charge is 0.351 e. The van der Waals surface area contributed by atoms with Gasteiger partial charge in [0.25, 0.3) is 0 Å². The summed E-state index contributed by atoms with van der Waals surface area (Å²) in [6.45, 7) is 3.37. The van der Waals surface area contributed by atoms with Gasteiger partial charge in [0.05, 0.1) is 26.1 Å². The summed E-state index contributed by atoms with van der Waals surface area (Å²) in [7, 11) is 0. The van der Waals surface area contributed by atoms with Gasteiger partial charge in [0.15, 0.2) is 5.97 Å². The van der Waals surface area contributed by atoms with Crippen molar-refractivity contribution in [1.82, 2.24) is 0 Å². The molecule has 2 aliphatic rings. The Labute approximate surface area is 208 Å². The van der Waals surface area contributed by atoms with E-state index in [-0.39, 0.29) is 0 Å². The molecular weight excluding hydrogens is 470 g/mol. The fourth-order valence-corrected chi connectivity index (χ4v) is 6.19. The fraction of sp³-hybridized carbons (Fsp3) is 0.500. The second-order valence-corrected chi connectivity index (χ2v) is 10.6. The third kappa shape index (κ3) is 8.18. The van der Waals surface area contributed by atoms with E-state index in [0.717, 1.165) is 44.6 Å². The summed E-state index contributed by atoms with van der Waals surface area (Å²) in [4.78, 5) is 31.9. The second-order valence-electron chi connectivity index (χ2n) is 9.07. The van der Waals surface area contributed by atoms with Gasteiger partial charge < -0.3 is 19.9 Å². The van der Waals surface area contributed by atoms with Crippen molar-refractivity contribution in [2.45, 2.75) is 57.8 Å². The van der Waals surface area contributed by atoms with Crippen LogP contribution in [0.4, 0.5) is 0 Å². The van der Waals surface area contributed by atoms with E-state index in [0.29, 0.717) is 5.78 Å². The molecule has 3 heterocycles. The van der Waals surface area contributed by atoms with Gasteiger partial charge in [-0.2, -0.15) is 22.7 Å². The van der Waals surface area contributed by atoms with E-state index in [1.807, 2.05) is 0 Å². The number of piperidine rings is 1. The predicted octanol–water partition coefficient (Wildman–Crippen LogP) is 3.04. The van der Waals surface area contributed by atoms with Crippen molar-refractivity contribution in [3.63, 3.8) is 0 Å². The minimum atomic E-state index is -2.07. The molecule has 0 atom stereocenters. The number of likely N-dealkylation sites (tertiary alicyclic amines) is 1. The molecule has 1 aliphatic heterocycles. The third-order valence-electron chi connectivity index (χ3n) is 6.77. The van der Waals surface area contributed by atoms with Crippen molar-refractivity contribution in [2.24, 2.45) is 5.92 Å². The highest BCUT2D eigenvalue weighted by Crippen LogP contribution is 2.33. The Hall–Kier alpha value is -2.29. The number of quaternary nitrogens is 1. The van der Waals surface area contributed by atoms with Crippen molar-refractivity contribution in [3.05, 3.63) is 50.4 Å². The maximum absolute atomic E-state index is 12.3. The number of hydrogen-bond acceptors (Lipinski definition) is 6. The van der Waals surface area contributed by atoms with Crippen LogP contribution in [0.5, 0.6) is 0 Å². The molecule has 1 aliphatic carbocycles. The molecule has 0 aromatic carbocycles. The molecule has 34 heavy (non-hydrogen) atoms. The van der Waals surface area contributed by atoms with Gasteiger partial charge in [-0.25, -0.2) is 4.79 Å². The molecule has 8 heteroatoms. The molecule has 2 fully saturated rings. The van der Waals surface area contributed by atoms with E-state index < -0.39 is 11.9 Å². The topological polar surface area (TPSA) is 98.9 Å². The monoisotopic (exact) mass is 503 g/mol. The molecule has 1 saturated carbocycles. The first kappa shape index (κ1) is 26.3. The second kappa shape index (κ2) is 13.6. The number of carboxylic acid groups (broad SMARTS) is 2. The number of carbonyl (C=O) groups excluding carboxylic acids is 2. The van der Waals surface area contributed by atoms with Gasteiger partial charge in [-0.15, -0.1) is 0 Å². The van der Waals surface area contributed by atoms with Crippen LogP contribution in [-0.4, -0.2) is 42.5 Å². The Kier molecular flexibility index (Phi) is 10.5. The van der Waals surface area contributed by atoms with Crippen LogP contribution in [0.3, 0.4) is 0 Å². The van der Waals surface area contributed by atoms with Gasteiger partial charge in [0.2, 0.25) is 0 Å². The molecule has 0 bridgehead atoms. The lowest BCUT2D eigenvalue weighted by Gasteiger charge is -2.27. The molecule has 2 aromatic rings. The summed E-state index contributed by atoms with van der Waals surface area (Å²) < 4.78 is 0. The van der Waals surface area contributed by atoms with E-state index in [1.54, 1.807) is 33.1 Å². The molecule has 2 aromatic heterocycles. The minimum Gasteiger partial charge on any atom is -0.539 e. The molecule has 184 valence electrons.